The third-order valence-electron chi connectivity index (χ3n) is 4.47. The predicted octanol–water partition coefficient (Wildman–Crippen LogP) is 2.87. The van der Waals surface area contributed by atoms with E-state index in [-0.39, 0.29) is 11.9 Å². The molecule has 23 heavy (non-hydrogen) atoms. The molecule has 0 bridgehead atoms. The van der Waals surface area contributed by atoms with Gasteiger partial charge in [0.2, 0.25) is 0 Å². The Morgan fingerprint density at radius 2 is 2.04 bits per heavy atom. The molecule has 2 aromatic rings. The second-order valence-corrected chi connectivity index (χ2v) is 6.21. The molecule has 3 rings (SSSR count). The summed E-state index contributed by atoms with van der Waals surface area (Å²) in [6.07, 6.45) is 9.66. The number of hydrogen-bond donors (Lipinski definition) is 1. The van der Waals surface area contributed by atoms with Crippen molar-refractivity contribution in [3.05, 3.63) is 48.0 Å². The second-order valence-electron chi connectivity index (χ2n) is 6.21. The molecule has 0 radical (unpaired) electrons. The summed E-state index contributed by atoms with van der Waals surface area (Å²) in [4.78, 5) is 16.6. The van der Waals surface area contributed by atoms with E-state index in [2.05, 4.69) is 10.3 Å². The van der Waals surface area contributed by atoms with E-state index in [1.165, 1.54) is 0 Å². The second kappa shape index (κ2) is 6.96. The molecule has 1 aromatic heterocycles. The van der Waals surface area contributed by atoms with Gasteiger partial charge in [-0.05, 0) is 56.4 Å². The van der Waals surface area contributed by atoms with Crippen molar-refractivity contribution in [1.29, 1.82) is 0 Å². The lowest BCUT2D eigenvalue weighted by molar-refractivity contribution is 0.0599. The van der Waals surface area contributed by atoms with Crippen LogP contribution < -0.4 is 5.32 Å². The topological polar surface area (TPSA) is 56.1 Å². The average Bonchev–Trinajstić information content (AvgIpc) is 3.09. The Hall–Kier alpha value is -2.14. The Balaban J connectivity index is 1.70. The van der Waals surface area contributed by atoms with E-state index in [9.17, 15) is 4.79 Å². The van der Waals surface area contributed by atoms with Crippen molar-refractivity contribution in [3.63, 3.8) is 0 Å². The van der Waals surface area contributed by atoms with Crippen molar-refractivity contribution in [3.8, 4) is 5.69 Å². The van der Waals surface area contributed by atoms with Gasteiger partial charge in [0.05, 0.1) is 12.4 Å². The molecule has 1 aliphatic carbocycles. The van der Waals surface area contributed by atoms with Crippen LogP contribution in [-0.2, 0) is 4.74 Å². The van der Waals surface area contributed by atoms with Crippen molar-refractivity contribution in [2.75, 3.05) is 7.11 Å². The Bertz CT molecular complexity index is 659. The maximum absolute atomic E-state index is 12.6. The minimum Gasteiger partial charge on any atom is -0.381 e. The summed E-state index contributed by atoms with van der Waals surface area (Å²) in [5.74, 6) is -0.00377. The molecule has 1 saturated carbocycles. The van der Waals surface area contributed by atoms with E-state index >= 15 is 0 Å². The van der Waals surface area contributed by atoms with Gasteiger partial charge in [0, 0.05) is 36.8 Å². The van der Waals surface area contributed by atoms with Crippen molar-refractivity contribution in [1.82, 2.24) is 14.9 Å². The van der Waals surface area contributed by atoms with E-state index < -0.39 is 0 Å². The number of nitrogens with one attached hydrogen (secondary N) is 1. The zero-order valence-electron chi connectivity index (χ0n) is 13.7. The third kappa shape index (κ3) is 3.79. The number of amides is 1. The highest BCUT2D eigenvalue weighted by molar-refractivity contribution is 5.95. The smallest absolute Gasteiger partial charge is 0.251 e. The van der Waals surface area contributed by atoms with Gasteiger partial charge in [0.1, 0.15) is 0 Å². The van der Waals surface area contributed by atoms with Gasteiger partial charge in [-0.3, -0.25) is 4.79 Å². The van der Waals surface area contributed by atoms with Crippen LogP contribution in [0.5, 0.6) is 0 Å². The van der Waals surface area contributed by atoms with Gasteiger partial charge in [0.15, 0.2) is 0 Å². The van der Waals surface area contributed by atoms with Crippen LogP contribution in [0.4, 0.5) is 0 Å². The van der Waals surface area contributed by atoms with Crippen LogP contribution in [0.25, 0.3) is 5.69 Å². The lowest BCUT2D eigenvalue weighted by Gasteiger charge is -2.28. The molecule has 0 aliphatic heterocycles. The molecule has 1 fully saturated rings. The molecule has 1 heterocycles. The van der Waals surface area contributed by atoms with Gasteiger partial charge in [-0.1, -0.05) is 0 Å². The average molecular weight is 313 g/mol. The van der Waals surface area contributed by atoms with E-state index in [0.29, 0.717) is 11.7 Å². The molecule has 1 aromatic carbocycles. The van der Waals surface area contributed by atoms with Gasteiger partial charge in [-0.15, -0.1) is 0 Å². The molecule has 0 atom stereocenters. The molecule has 0 unspecified atom stereocenters. The first kappa shape index (κ1) is 15.7. The zero-order chi connectivity index (χ0) is 16.2. The summed E-state index contributed by atoms with van der Waals surface area (Å²) in [7, 11) is 1.76. The van der Waals surface area contributed by atoms with Crippen LogP contribution in [-0.4, -0.2) is 34.7 Å². The van der Waals surface area contributed by atoms with Gasteiger partial charge in [-0.25, -0.2) is 4.98 Å². The van der Waals surface area contributed by atoms with E-state index in [0.717, 1.165) is 36.9 Å². The summed E-state index contributed by atoms with van der Waals surface area (Å²) in [6.45, 7) is 2.00. The number of nitrogens with zero attached hydrogens (tertiary/aromatic N) is 2. The summed E-state index contributed by atoms with van der Waals surface area (Å²) in [5.41, 5.74) is 2.71. The highest BCUT2D eigenvalue weighted by atomic mass is 16.5. The van der Waals surface area contributed by atoms with Crippen molar-refractivity contribution < 1.29 is 9.53 Å². The quantitative estimate of drug-likeness (QED) is 0.944. The van der Waals surface area contributed by atoms with Gasteiger partial charge >= 0.3 is 0 Å². The number of imidazole rings is 1. The molecule has 122 valence electrons. The Morgan fingerprint density at radius 1 is 1.26 bits per heavy atom. The number of hydrogen-bond acceptors (Lipinski definition) is 3. The fourth-order valence-corrected chi connectivity index (χ4v) is 3.17. The molecule has 0 spiro atoms. The lowest BCUT2D eigenvalue weighted by atomic mass is 9.92. The molecule has 0 saturated heterocycles. The standard InChI is InChI=1S/C18H23N3O2/c1-13-9-14(11-16(10-13)21-8-7-19-12-21)18(22)20-15-3-5-17(23-2)6-4-15/h7-12,15,17H,3-6H2,1-2H3,(H,20,22). The number of benzene rings is 1. The fourth-order valence-electron chi connectivity index (χ4n) is 3.17. The van der Waals surface area contributed by atoms with E-state index in [4.69, 9.17) is 4.74 Å². The van der Waals surface area contributed by atoms with Crippen molar-refractivity contribution in [2.24, 2.45) is 0 Å². The first-order valence-corrected chi connectivity index (χ1v) is 8.09. The fraction of sp³-hybridized carbons (Fsp3) is 0.444. The van der Waals surface area contributed by atoms with Crippen molar-refractivity contribution >= 4 is 5.91 Å². The van der Waals surface area contributed by atoms with Crippen LogP contribution in [0.15, 0.2) is 36.9 Å². The molecular formula is C18H23N3O2. The Labute approximate surface area is 136 Å². The molecule has 5 nitrogen and oxygen atoms in total. The van der Waals surface area contributed by atoms with E-state index in [1.54, 1.807) is 19.6 Å². The first-order valence-electron chi connectivity index (χ1n) is 8.09. The number of aromatic nitrogens is 2. The normalized spacial score (nSPS) is 21.1. The molecular weight excluding hydrogens is 290 g/mol. The third-order valence-corrected chi connectivity index (χ3v) is 4.47. The minimum absolute atomic E-state index is 0.00377. The van der Waals surface area contributed by atoms with Crippen LogP contribution >= 0.6 is 0 Å². The van der Waals surface area contributed by atoms with Crippen LogP contribution in [0.2, 0.25) is 0 Å². The zero-order valence-corrected chi connectivity index (χ0v) is 13.7. The van der Waals surface area contributed by atoms with Crippen LogP contribution in [0.3, 0.4) is 0 Å². The summed E-state index contributed by atoms with van der Waals surface area (Å²) >= 11 is 0. The first-order chi connectivity index (χ1) is 11.2. The van der Waals surface area contributed by atoms with Crippen molar-refractivity contribution in [2.45, 2.75) is 44.8 Å². The van der Waals surface area contributed by atoms with E-state index in [1.807, 2.05) is 35.9 Å². The number of carbonyl (C=O) groups excluding carboxylic acids is 1. The lowest BCUT2D eigenvalue weighted by Crippen LogP contribution is -2.39. The summed E-state index contributed by atoms with van der Waals surface area (Å²) < 4.78 is 7.29. The SMILES string of the molecule is COC1CCC(NC(=O)c2cc(C)cc(-n3ccnc3)c2)CC1. The summed E-state index contributed by atoms with van der Waals surface area (Å²) in [5, 5.41) is 3.16. The predicted molar refractivity (Wildman–Crippen MR) is 88.8 cm³/mol. The molecule has 1 N–H and O–H groups in total. The Kier molecular flexibility index (Phi) is 4.76. The summed E-state index contributed by atoms with van der Waals surface area (Å²) in [6, 6.07) is 6.12. The maximum atomic E-state index is 12.6. The number of aryl methyl sites for hydroxylation is 1. The minimum atomic E-state index is -0.00377. The molecule has 5 heteroatoms. The number of carbonyl (C=O) groups is 1. The van der Waals surface area contributed by atoms with Gasteiger partial charge in [-0.2, -0.15) is 0 Å². The number of rotatable bonds is 4. The largest absolute Gasteiger partial charge is 0.381 e. The Morgan fingerprint density at radius 3 is 2.70 bits per heavy atom. The van der Waals surface area contributed by atoms with Gasteiger partial charge in [0.25, 0.3) is 5.91 Å². The molecule has 1 aliphatic rings. The van der Waals surface area contributed by atoms with Gasteiger partial charge < -0.3 is 14.6 Å². The van der Waals surface area contributed by atoms with Crippen LogP contribution in [0.1, 0.15) is 41.6 Å². The number of methoxy groups -OCH3 is 1. The van der Waals surface area contributed by atoms with Crippen LogP contribution in [0, 0.1) is 6.92 Å². The maximum Gasteiger partial charge on any atom is 0.251 e. The highest BCUT2D eigenvalue weighted by Gasteiger charge is 2.22. The highest BCUT2D eigenvalue weighted by Crippen LogP contribution is 2.21. The monoisotopic (exact) mass is 313 g/mol. The molecule has 1 amide bonds. The number of ether oxygens (including phenoxy) is 1.